The summed E-state index contributed by atoms with van der Waals surface area (Å²) in [6, 6.07) is 22.6. The SMILES string of the molecule is CCCc1ccccc1NC(=O)N[C@@H](Cc1ccccc1)[C@H](O)C(=O)N1CSC(C)(C)[C@H]1C(=O)NCc1ccccc1C. The number of aliphatic hydroxyl groups is 1. The summed E-state index contributed by atoms with van der Waals surface area (Å²) in [4.78, 5) is 42.1. The molecule has 1 saturated heterocycles. The maximum absolute atomic E-state index is 13.9. The van der Waals surface area contributed by atoms with Crippen LogP contribution in [0.2, 0.25) is 0 Å². The molecule has 43 heavy (non-hydrogen) atoms. The molecular weight excluding hydrogens is 560 g/mol. The number of nitrogens with zero attached hydrogens (tertiary/aromatic N) is 1. The molecular formula is C34H42N4O4S. The summed E-state index contributed by atoms with van der Waals surface area (Å²) in [6.07, 6.45) is 0.388. The lowest BCUT2D eigenvalue weighted by molar-refractivity contribution is -0.147. The highest BCUT2D eigenvalue weighted by molar-refractivity contribution is 8.00. The zero-order chi connectivity index (χ0) is 31.0. The zero-order valence-corrected chi connectivity index (χ0v) is 26.1. The van der Waals surface area contributed by atoms with Crippen LogP contribution in [0.15, 0.2) is 78.9 Å². The van der Waals surface area contributed by atoms with Crippen LogP contribution in [0.5, 0.6) is 0 Å². The molecule has 4 rings (SSSR count). The van der Waals surface area contributed by atoms with E-state index >= 15 is 0 Å². The highest BCUT2D eigenvalue weighted by atomic mass is 32.2. The summed E-state index contributed by atoms with van der Waals surface area (Å²) in [5.41, 5.74) is 4.61. The fraction of sp³-hybridized carbons (Fsp3) is 0.382. The normalized spacial score (nSPS) is 17.1. The van der Waals surface area contributed by atoms with Crippen LogP contribution >= 0.6 is 11.8 Å². The van der Waals surface area contributed by atoms with Crippen LogP contribution in [0.25, 0.3) is 0 Å². The van der Waals surface area contributed by atoms with Crippen molar-refractivity contribution in [1.82, 2.24) is 15.5 Å². The Morgan fingerprint density at radius 2 is 1.63 bits per heavy atom. The fourth-order valence-electron chi connectivity index (χ4n) is 5.41. The predicted molar refractivity (Wildman–Crippen MR) is 173 cm³/mol. The Kier molecular flexibility index (Phi) is 10.9. The third kappa shape index (κ3) is 8.18. The molecule has 1 heterocycles. The summed E-state index contributed by atoms with van der Waals surface area (Å²) in [6.45, 7) is 8.25. The molecule has 0 spiro atoms. The first-order valence-corrected chi connectivity index (χ1v) is 15.7. The van der Waals surface area contributed by atoms with Gasteiger partial charge < -0.3 is 26.0 Å². The molecule has 4 N–H and O–H groups in total. The Labute approximate surface area is 258 Å². The number of amides is 4. The van der Waals surface area contributed by atoms with Gasteiger partial charge >= 0.3 is 6.03 Å². The van der Waals surface area contributed by atoms with Crippen LogP contribution in [0.3, 0.4) is 0 Å². The minimum Gasteiger partial charge on any atom is -0.381 e. The smallest absolute Gasteiger partial charge is 0.319 e. The monoisotopic (exact) mass is 602 g/mol. The van der Waals surface area contributed by atoms with Crippen molar-refractivity contribution >= 4 is 35.3 Å². The molecule has 0 aliphatic carbocycles. The second-order valence-electron chi connectivity index (χ2n) is 11.5. The zero-order valence-electron chi connectivity index (χ0n) is 25.3. The van der Waals surface area contributed by atoms with Crippen LogP contribution in [0.4, 0.5) is 10.5 Å². The highest BCUT2D eigenvalue weighted by Crippen LogP contribution is 2.40. The van der Waals surface area contributed by atoms with Crippen LogP contribution < -0.4 is 16.0 Å². The van der Waals surface area contributed by atoms with Gasteiger partial charge in [-0.15, -0.1) is 11.8 Å². The molecule has 0 saturated carbocycles. The fourth-order valence-corrected chi connectivity index (χ4v) is 6.55. The summed E-state index contributed by atoms with van der Waals surface area (Å²) < 4.78 is -0.575. The topological polar surface area (TPSA) is 111 Å². The van der Waals surface area contributed by atoms with Gasteiger partial charge in [-0.25, -0.2) is 4.79 Å². The number of hydrogen-bond acceptors (Lipinski definition) is 5. The maximum atomic E-state index is 13.9. The average molecular weight is 603 g/mol. The average Bonchev–Trinajstić information content (AvgIpc) is 3.32. The largest absolute Gasteiger partial charge is 0.381 e. The number of aliphatic hydroxyl groups excluding tert-OH is 1. The molecule has 228 valence electrons. The Morgan fingerprint density at radius 3 is 2.33 bits per heavy atom. The Balaban J connectivity index is 1.52. The van der Waals surface area contributed by atoms with E-state index in [0.29, 0.717) is 12.2 Å². The second kappa shape index (κ2) is 14.6. The highest BCUT2D eigenvalue weighted by Gasteiger charge is 2.49. The van der Waals surface area contributed by atoms with Gasteiger partial charge in [0, 0.05) is 17.0 Å². The second-order valence-corrected chi connectivity index (χ2v) is 13.1. The predicted octanol–water partition coefficient (Wildman–Crippen LogP) is 5.04. The van der Waals surface area contributed by atoms with Crippen molar-refractivity contribution in [1.29, 1.82) is 0 Å². The molecule has 1 aliphatic heterocycles. The molecule has 8 nitrogen and oxygen atoms in total. The number of aryl methyl sites for hydroxylation is 2. The summed E-state index contributed by atoms with van der Waals surface area (Å²) in [7, 11) is 0. The number of carbonyl (C=O) groups excluding carboxylic acids is 3. The van der Waals surface area contributed by atoms with Crippen LogP contribution in [-0.2, 0) is 29.0 Å². The Hall–Kier alpha value is -3.82. The van der Waals surface area contributed by atoms with E-state index < -0.39 is 34.9 Å². The number of benzene rings is 3. The minimum atomic E-state index is -1.57. The lowest BCUT2D eigenvalue weighted by atomic mass is 9.97. The number of anilines is 1. The van der Waals surface area contributed by atoms with Crippen molar-refractivity contribution in [2.24, 2.45) is 0 Å². The van der Waals surface area contributed by atoms with E-state index in [0.717, 1.165) is 35.1 Å². The van der Waals surface area contributed by atoms with E-state index in [2.05, 4.69) is 22.9 Å². The van der Waals surface area contributed by atoms with Crippen molar-refractivity contribution in [2.75, 3.05) is 11.2 Å². The van der Waals surface area contributed by atoms with Gasteiger partial charge in [0.15, 0.2) is 6.10 Å². The molecule has 1 aliphatic rings. The van der Waals surface area contributed by atoms with E-state index in [1.165, 1.54) is 16.7 Å². The Bertz CT molecular complexity index is 1410. The molecule has 0 unspecified atom stereocenters. The molecule has 4 amide bonds. The molecule has 9 heteroatoms. The van der Waals surface area contributed by atoms with Gasteiger partial charge in [0.05, 0.1) is 11.9 Å². The lowest BCUT2D eigenvalue weighted by Crippen LogP contribution is -2.59. The summed E-state index contributed by atoms with van der Waals surface area (Å²) in [5, 5.41) is 20.2. The van der Waals surface area contributed by atoms with Gasteiger partial charge in [0.2, 0.25) is 5.91 Å². The van der Waals surface area contributed by atoms with E-state index in [4.69, 9.17) is 0 Å². The third-order valence-electron chi connectivity index (χ3n) is 7.83. The summed E-state index contributed by atoms with van der Waals surface area (Å²) in [5.74, 6) is -0.627. The first-order valence-electron chi connectivity index (χ1n) is 14.7. The van der Waals surface area contributed by atoms with Crippen molar-refractivity contribution < 1.29 is 19.5 Å². The van der Waals surface area contributed by atoms with Gasteiger partial charge in [0.25, 0.3) is 5.91 Å². The van der Waals surface area contributed by atoms with Crippen molar-refractivity contribution in [3.63, 3.8) is 0 Å². The number of thioether (sulfide) groups is 1. The van der Waals surface area contributed by atoms with Crippen LogP contribution in [0, 0.1) is 6.92 Å². The molecule has 3 aromatic rings. The van der Waals surface area contributed by atoms with Gasteiger partial charge in [-0.1, -0.05) is 86.1 Å². The first kappa shape index (κ1) is 32.1. The molecule has 0 aromatic heterocycles. The third-order valence-corrected chi connectivity index (χ3v) is 9.20. The van der Waals surface area contributed by atoms with E-state index in [-0.39, 0.29) is 18.2 Å². The summed E-state index contributed by atoms with van der Waals surface area (Å²) >= 11 is 1.49. The number of para-hydroxylation sites is 1. The molecule has 3 aromatic carbocycles. The minimum absolute atomic E-state index is 0.228. The number of hydrogen-bond donors (Lipinski definition) is 4. The van der Waals surface area contributed by atoms with Crippen molar-refractivity contribution in [2.45, 2.75) is 76.4 Å². The number of carbonyl (C=O) groups is 3. The number of rotatable bonds is 11. The number of nitrogens with one attached hydrogen (secondary N) is 3. The van der Waals surface area contributed by atoms with E-state index in [1.54, 1.807) is 0 Å². The van der Waals surface area contributed by atoms with Gasteiger partial charge in [-0.3, -0.25) is 9.59 Å². The van der Waals surface area contributed by atoms with Gasteiger partial charge in [-0.05, 0) is 61.9 Å². The van der Waals surface area contributed by atoms with Crippen molar-refractivity contribution in [3.05, 3.63) is 101 Å². The molecule has 0 radical (unpaired) electrons. The first-order chi connectivity index (χ1) is 20.6. The van der Waals surface area contributed by atoms with Crippen LogP contribution in [0.1, 0.15) is 49.4 Å². The van der Waals surface area contributed by atoms with Gasteiger partial charge in [0.1, 0.15) is 6.04 Å². The quantitative estimate of drug-likeness (QED) is 0.246. The molecule has 1 fully saturated rings. The standard InChI is InChI=1S/C34H42N4O4S/c1-5-13-25-17-11-12-19-27(25)36-33(42)37-28(20-24-15-7-6-8-16-24)29(39)32(41)38-22-43-34(3,4)30(38)31(40)35-21-26-18-10-9-14-23(26)2/h6-12,14-19,28-30,39H,5,13,20-22H2,1-4H3,(H,35,40)(H2,36,37,42)/t28-,29-,30+/m0/s1. The maximum Gasteiger partial charge on any atom is 0.319 e. The van der Waals surface area contributed by atoms with Gasteiger partial charge in [-0.2, -0.15) is 0 Å². The van der Waals surface area contributed by atoms with E-state index in [9.17, 15) is 19.5 Å². The molecule has 3 atom stereocenters. The van der Waals surface area contributed by atoms with E-state index in [1.807, 2.05) is 99.6 Å². The lowest BCUT2D eigenvalue weighted by Gasteiger charge is -2.33. The van der Waals surface area contributed by atoms with Crippen molar-refractivity contribution in [3.8, 4) is 0 Å². The van der Waals surface area contributed by atoms with Crippen LogP contribution in [-0.4, -0.2) is 56.7 Å². The Morgan fingerprint density at radius 1 is 0.977 bits per heavy atom. The molecule has 0 bridgehead atoms. The number of urea groups is 1.